The quantitative estimate of drug-likeness (QED) is 0.566. The fourth-order valence-electron chi connectivity index (χ4n) is 4.50. The van der Waals surface area contributed by atoms with Crippen LogP contribution in [0.5, 0.6) is 11.5 Å². The van der Waals surface area contributed by atoms with Crippen LogP contribution in [0.4, 0.5) is 5.69 Å². The van der Waals surface area contributed by atoms with Crippen LogP contribution in [0.15, 0.2) is 47.4 Å². The number of likely N-dealkylation sites (tertiary alicyclic amines) is 1. The molecule has 2 fully saturated rings. The highest BCUT2D eigenvalue weighted by atomic mass is 32.2. The molecule has 0 radical (unpaired) electrons. The molecule has 35 heavy (non-hydrogen) atoms. The van der Waals surface area contributed by atoms with Crippen molar-refractivity contribution < 1.29 is 27.5 Å². The summed E-state index contributed by atoms with van der Waals surface area (Å²) in [5.74, 6) is 0.516. The monoisotopic (exact) mass is 501 g/mol. The van der Waals surface area contributed by atoms with Gasteiger partial charge in [-0.05, 0) is 61.2 Å². The molecule has 1 atom stereocenters. The summed E-state index contributed by atoms with van der Waals surface area (Å²) in [7, 11) is -0.339. The molecular weight excluding hydrogens is 470 g/mol. The lowest BCUT2D eigenvalue weighted by Crippen LogP contribution is -2.30. The number of carbonyl (C=O) groups excluding carboxylic acids is 2. The summed E-state index contributed by atoms with van der Waals surface area (Å²) >= 11 is 0. The van der Waals surface area contributed by atoms with Gasteiger partial charge in [-0.15, -0.1) is 0 Å². The van der Waals surface area contributed by atoms with Crippen molar-refractivity contribution in [3.05, 3.63) is 48.0 Å². The van der Waals surface area contributed by atoms with E-state index in [0.717, 1.165) is 18.4 Å². The highest BCUT2D eigenvalue weighted by Crippen LogP contribution is 2.28. The van der Waals surface area contributed by atoms with Crippen molar-refractivity contribution in [1.29, 1.82) is 0 Å². The van der Waals surface area contributed by atoms with Crippen molar-refractivity contribution in [2.24, 2.45) is 5.92 Å². The van der Waals surface area contributed by atoms with E-state index in [1.165, 1.54) is 16.4 Å². The SMILES string of the molecule is COc1ccc(CCN2C[C@@H](C(=O)Nc3ccc(S(=O)(=O)N4CCCC4)cc3)CC2=O)cc1OC. The zero-order chi connectivity index (χ0) is 25.0. The van der Waals surface area contributed by atoms with E-state index in [1.54, 1.807) is 31.3 Å². The average Bonchev–Trinajstić information content (AvgIpc) is 3.53. The second-order valence-electron chi connectivity index (χ2n) is 8.80. The Kier molecular flexibility index (Phi) is 7.61. The number of anilines is 1. The minimum Gasteiger partial charge on any atom is -0.493 e. The fraction of sp³-hybridized carbons (Fsp3) is 0.440. The van der Waals surface area contributed by atoms with Crippen molar-refractivity contribution in [2.45, 2.75) is 30.6 Å². The number of ether oxygens (including phenoxy) is 2. The second kappa shape index (κ2) is 10.7. The molecule has 0 unspecified atom stereocenters. The Hall–Kier alpha value is -3.11. The van der Waals surface area contributed by atoms with E-state index in [1.807, 2.05) is 18.2 Å². The molecule has 0 aliphatic carbocycles. The van der Waals surface area contributed by atoms with Crippen LogP contribution in [0.25, 0.3) is 0 Å². The van der Waals surface area contributed by atoms with Crippen LogP contribution in [0.1, 0.15) is 24.8 Å². The Bertz CT molecular complexity index is 1180. The first-order valence-electron chi connectivity index (χ1n) is 11.7. The molecule has 2 aliphatic rings. The third kappa shape index (κ3) is 5.59. The molecule has 0 spiro atoms. The smallest absolute Gasteiger partial charge is 0.243 e. The standard InChI is InChI=1S/C25H31N3O6S/c1-33-22-10-5-18(15-23(22)34-2)11-14-27-17-19(16-24(27)29)25(30)26-20-6-8-21(9-7-20)35(31,32)28-12-3-4-13-28/h5-10,15,19H,3-4,11-14,16-17H2,1-2H3,(H,26,30)/t19-/m0/s1. The highest BCUT2D eigenvalue weighted by Gasteiger charge is 2.34. The molecule has 2 amide bonds. The summed E-state index contributed by atoms with van der Waals surface area (Å²) in [4.78, 5) is 27.2. The number of nitrogens with one attached hydrogen (secondary N) is 1. The van der Waals surface area contributed by atoms with Gasteiger partial charge in [0.1, 0.15) is 0 Å². The highest BCUT2D eigenvalue weighted by molar-refractivity contribution is 7.89. The summed E-state index contributed by atoms with van der Waals surface area (Å²) in [6.45, 7) is 1.93. The van der Waals surface area contributed by atoms with Crippen LogP contribution < -0.4 is 14.8 Å². The first kappa shape index (κ1) is 25.0. The number of amides is 2. The number of hydrogen-bond acceptors (Lipinski definition) is 6. The van der Waals surface area contributed by atoms with Crippen molar-refractivity contribution in [2.75, 3.05) is 45.7 Å². The fourth-order valence-corrected chi connectivity index (χ4v) is 6.01. The number of carbonyl (C=O) groups is 2. The largest absolute Gasteiger partial charge is 0.493 e. The summed E-state index contributed by atoms with van der Waals surface area (Å²) in [5.41, 5.74) is 1.51. The van der Waals surface area contributed by atoms with E-state index in [0.29, 0.717) is 49.8 Å². The Morgan fingerprint density at radius 3 is 2.37 bits per heavy atom. The van der Waals surface area contributed by atoms with Crippen molar-refractivity contribution in [1.82, 2.24) is 9.21 Å². The number of nitrogens with zero attached hydrogens (tertiary/aromatic N) is 2. The minimum atomic E-state index is -3.50. The normalized spacial score (nSPS) is 18.6. The van der Waals surface area contributed by atoms with E-state index >= 15 is 0 Å². The second-order valence-corrected chi connectivity index (χ2v) is 10.7. The maximum atomic E-state index is 12.8. The van der Waals surface area contributed by atoms with E-state index in [-0.39, 0.29) is 23.1 Å². The van der Waals surface area contributed by atoms with Gasteiger partial charge in [-0.1, -0.05) is 6.07 Å². The maximum Gasteiger partial charge on any atom is 0.243 e. The van der Waals surface area contributed by atoms with Gasteiger partial charge >= 0.3 is 0 Å². The summed E-state index contributed by atoms with van der Waals surface area (Å²) in [6.07, 6.45) is 2.53. The van der Waals surface area contributed by atoms with Gasteiger partial charge in [0.05, 0.1) is 25.0 Å². The molecule has 188 valence electrons. The molecule has 0 bridgehead atoms. The molecule has 2 heterocycles. The molecule has 2 aromatic carbocycles. The molecule has 1 N–H and O–H groups in total. The van der Waals surface area contributed by atoms with E-state index in [4.69, 9.17) is 9.47 Å². The molecule has 2 aliphatic heterocycles. The molecule has 10 heteroatoms. The maximum absolute atomic E-state index is 12.8. The predicted octanol–water partition coefficient (Wildman–Crippen LogP) is 2.52. The van der Waals surface area contributed by atoms with Crippen molar-refractivity contribution in [3.8, 4) is 11.5 Å². The lowest BCUT2D eigenvalue weighted by Gasteiger charge is -2.17. The van der Waals surface area contributed by atoms with Crippen LogP contribution in [-0.2, 0) is 26.0 Å². The first-order chi connectivity index (χ1) is 16.8. The number of sulfonamides is 1. The van der Waals surface area contributed by atoms with Gasteiger partial charge in [0.2, 0.25) is 21.8 Å². The minimum absolute atomic E-state index is 0.0577. The third-order valence-corrected chi connectivity index (χ3v) is 8.44. The Balaban J connectivity index is 1.32. The molecular formula is C25H31N3O6S. The average molecular weight is 502 g/mol. The topological polar surface area (TPSA) is 105 Å². The third-order valence-electron chi connectivity index (χ3n) is 6.53. The molecule has 4 rings (SSSR count). The zero-order valence-corrected chi connectivity index (χ0v) is 20.8. The van der Waals surface area contributed by atoms with Crippen molar-refractivity contribution >= 4 is 27.5 Å². The Morgan fingerprint density at radius 1 is 1.03 bits per heavy atom. The molecule has 9 nitrogen and oxygen atoms in total. The lowest BCUT2D eigenvalue weighted by molar-refractivity contribution is -0.128. The predicted molar refractivity (Wildman–Crippen MR) is 131 cm³/mol. The lowest BCUT2D eigenvalue weighted by atomic mass is 10.1. The van der Waals surface area contributed by atoms with Crippen LogP contribution in [0.3, 0.4) is 0 Å². The van der Waals surface area contributed by atoms with E-state index < -0.39 is 15.9 Å². The Morgan fingerprint density at radius 2 is 1.71 bits per heavy atom. The van der Waals surface area contributed by atoms with Gasteiger partial charge in [-0.2, -0.15) is 4.31 Å². The number of rotatable bonds is 9. The molecule has 0 aromatic heterocycles. The number of benzene rings is 2. The van der Waals surface area contributed by atoms with Gasteiger partial charge < -0.3 is 19.7 Å². The number of methoxy groups -OCH3 is 2. The summed E-state index contributed by atoms with van der Waals surface area (Å²) in [6, 6.07) is 11.9. The Labute approximate surface area is 206 Å². The van der Waals surface area contributed by atoms with Gasteiger partial charge in [0.15, 0.2) is 11.5 Å². The molecule has 2 aromatic rings. The molecule has 0 saturated carbocycles. The van der Waals surface area contributed by atoms with Crippen LogP contribution in [-0.4, -0.2) is 69.8 Å². The summed E-state index contributed by atoms with van der Waals surface area (Å²) < 4.78 is 37.4. The van der Waals surface area contributed by atoms with E-state index in [2.05, 4.69) is 5.32 Å². The molecule has 2 saturated heterocycles. The van der Waals surface area contributed by atoms with Gasteiger partial charge in [-0.3, -0.25) is 9.59 Å². The van der Waals surface area contributed by atoms with Crippen LogP contribution in [0, 0.1) is 5.92 Å². The van der Waals surface area contributed by atoms with Gasteiger partial charge in [0.25, 0.3) is 0 Å². The van der Waals surface area contributed by atoms with Gasteiger partial charge in [0, 0.05) is 38.3 Å². The number of hydrogen-bond donors (Lipinski definition) is 1. The zero-order valence-electron chi connectivity index (χ0n) is 20.0. The first-order valence-corrected chi connectivity index (χ1v) is 13.2. The van der Waals surface area contributed by atoms with Gasteiger partial charge in [-0.25, -0.2) is 8.42 Å². The summed E-state index contributed by atoms with van der Waals surface area (Å²) in [5, 5.41) is 2.82. The van der Waals surface area contributed by atoms with Crippen molar-refractivity contribution in [3.63, 3.8) is 0 Å². The van der Waals surface area contributed by atoms with Crippen LogP contribution >= 0.6 is 0 Å². The van der Waals surface area contributed by atoms with Crippen LogP contribution in [0.2, 0.25) is 0 Å². The van der Waals surface area contributed by atoms with E-state index in [9.17, 15) is 18.0 Å².